The van der Waals surface area contributed by atoms with Crippen molar-refractivity contribution in [1.29, 1.82) is 0 Å². The summed E-state index contributed by atoms with van der Waals surface area (Å²) in [6.45, 7) is 2.16. The molecule has 2 aromatic carbocycles. The van der Waals surface area contributed by atoms with E-state index in [1.165, 1.54) is 0 Å². The van der Waals surface area contributed by atoms with Gasteiger partial charge in [-0.15, -0.1) is 11.3 Å². The number of benzene rings is 2. The van der Waals surface area contributed by atoms with Gasteiger partial charge in [-0.1, -0.05) is 36.4 Å². The predicted molar refractivity (Wildman–Crippen MR) is 81.0 cm³/mol. The maximum Gasteiger partial charge on any atom is 0.133 e. The van der Waals surface area contributed by atoms with Gasteiger partial charge in [0.25, 0.3) is 0 Å². The number of thiazole rings is 1. The smallest absolute Gasteiger partial charge is 0.133 e. The van der Waals surface area contributed by atoms with Crippen LogP contribution in [-0.4, -0.2) is 10.1 Å². The molecule has 3 aromatic rings. The van der Waals surface area contributed by atoms with E-state index in [1.54, 1.807) is 23.8 Å². The zero-order valence-corrected chi connectivity index (χ0v) is 11.9. The minimum absolute atomic E-state index is 0.414. The van der Waals surface area contributed by atoms with Crippen molar-refractivity contribution in [3.8, 4) is 5.75 Å². The average Bonchev–Trinajstić information content (AvgIpc) is 2.97. The summed E-state index contributed by atoms with van der Waals surface area (Å²) in [5.74, 6) is 0.742. The summed E-state index contributed by atoms with van der Waals surface area (Å²) < 4.78 is 5.94. The number of aromatic nitrogens is 1. The van der Waals surface area contributed by atoms with Crippen LogP contribution in [0.1, 0.15) is 24.3 Å². The molecule has 0 unspecified atom stereocenters. The van der Waals surface area contributed by atoms with E-state index in [1.807, 2.05) is 41.8 Å². The lowest BCUT2D eigenvalue weighted by molar-refractivity contribution is 0.190. The molecule has 0 amide bonds. The second-order valence-electron chi connectivity index (χ2n) is 4.65. The van der Waals surface area contributed by atoms with E-state index < -0.39 is 6.10 Å². The maximum absolute atomic E-state index is 9.93. The van der Waals surface area contributed by atoms with Gasteiger partial charge >= 0.3 is 0 Å². The number of hydrogen-bond acceptors (Lipinski definition) is 4. The second kappa shape index (κ2) is 5.61. The van der Waals surface area contributed by atoms with Crippen molar-refractivity contribution in [2.24, 2.45) is 0 Å². The summed E-state index contributed by atoms with van der Waals surface area (Å²) >= 11 is 1.55. The molecule has 1 N–H and O–H groups in total. The molecule has 20 heavy (non-hydrogen) atoms. The number of aliphatic hydroxyl groups is 1. The zero-order valence-electron chi connectivity index (χ0n) is 11.1. The van der Waals surface area contributed by atoms with E-state index in [2.05, 4.69) is 4.98 Å². The van der Waals surface area contributed by atoms with Crippen LogP contribution in [-0.2, 0) is 6.61 Å². The summed E-state index contributed by atoms with van der Waals surface area (Å²) in [6, 6.07) is 11.9. The highest BCUT2D eigenvalue weighted by Crippen LogP contribution is 2.34. The summed E-state index contributed by atoms with van der Waals surface area (Å²) in [5.41, 5.74) is 3.50. The minimum Gasteiger partial charge on any atom is -0.486 e. The van der Waals surface area contributed by atoms with Crippen molar-refractivity contribution in [3.63, 3.8) is 0 Å². The Morgan fingerprint density at radius 3 is 2.85 bits per heavy atom. The Kier molecular flexibility index (Phi) is 3.67. The van der Waals surface area contributed by atoms with Crippen molar-refractivity contribution in [1.82, 2.24) is 4.98 Å². The molecule has 0 bridgehead atoms. The standard InChI is InChI=1S/C16H15NO2S/c1-11(18)14-7-6-12-4-2-3-5-15(12)16(14)19-8-13-9-20-10-17-13/h2-7,9-11,18H,8H2,1H3/t11-/m0/s1. The monoisotopic (exact) mass is 285 g/mol. The number of hydrogen-bond donors (Lipinski definition) is 1. The third-order valence-corrected chi connectivity index (χ3v) is 3.84. The van der Waals surface area contributed by atoms with Gasteiger partial charge in [-0.3, -0.25) is 0 Å². The van der Waals surface area contributed by atoms with E-state index in [4.69, 9.17) is 4.74 Å². The molecule has 1 heterocycles. The van der Waals surface area contributed by atoms with E-state index in [9.17, 15) is 5.11 Å². The van der Waals surface area contributed by atoms with Crippen molar-refractivity contribution in [2.75, 3.05) is 0 Å². The molecule has 0 aliphatic carbocycles. The van der Waals surface area contributed by atoms with Gasteiger partial charge in [0.2, 0.25) is 0 Å². The molecule has 0 saturated heterocycles. The van der Waals surface area contributed by atoms with Gasteiger partial charge in [0.15, 0.2) is 0 Å². The Balaban J connectivity index is 2.03. The zero-order chi connectivity index (χ0) is 13.9. The van der Waals surface area contributed by atoms with Gasteiger partial charge in [0, 0.05) is 16.3 Å². The lowest BCUT2D eigenvalue weighted by Crippen LogP contribution is -2.02. The van der Waals surface area contributed by atoms with Gasteiger partial charge < -0.3 is 9.84 Å². The van der Waals surface area contributed by atoms with Crippen LogP contribution in [0.3, 0.4) is 0 Å². The van der Waals surface area contributed by atoms with E-state index in [0.29, 0.717) is 6.61 Å². The molecule has 0 spiro atoms. The molecule has 3 rings (SSSR count). The fourth-order valence-corrected chi connectivity index (χ4v) is 2.75. The average molecular weight is 285 g/mol. The minimum atomic E-state index is -0.565. The number of ether oxygens (including phenoxy) is 1. The van der Waals surface area contributed by atoms with Crippen LogP contribution in [0, 0.1) is 0 Å². The highest BCUT2D eigenvalue weighted by Gasteiger charge is 2.13. The second-order valence-corrected chi connectivity index (χ2v) is 5.37. The molecule has 0 radical (unpaired) electrons. The summed E-state index contributed by atoms with van der Waals surface area (Å²) in [6.07, 6.45) is -0.565. The normalized spacial score (nSPS) is 12.5. The largest absolute Gasteiger partial charge is 0.486 e. The lowest BCUT2D eigenvalue weighted by atomic mass is 10.0. The Bertz CT molecular complexity index is 708. The van der Waals surface area contributed by atoms with Gasteiger partial charge in [-0.2, -0.15) is 0 Å². The SMILES string of the molecule is C[C@H](O)c1ccc2ccccc2c1OCc1cscn1. The topological polar surface area (TPSA) is 42.4 Å². The molecule has 0 aliphatic rings. The molecule has 3 nitrogen and oxygen atoms in total. The highest BCUT2D eigenvalue weighted by molar-refractivity contribution is 7.07. The van der Waals surface area contributed by atoms with Crippen LogP contribution in [0.2, 0.25) is 0 Å². The molecule has 1 atom stereocenters. The number of aliphatic hydroxyl groups excluding tert-OH is 1. The first-order valence-corrected chi connectivity index (χ1v) is 7.39. The quantitative estimate of drug-likeness (QED) is 0.789. The molecule has 1 aromatic heterocycles. The first kappa shape index (κ1) is 13.1. The van der Waals surface area contributed by atoms with Crippen molar-refractivity contribution < 1.29 is 9.84 Å². The maximum atomic E-state index is 9.93. The Labute approximate surface area is 121 Å². The van der Waals surface area contributed by atoms with Crippen LogP contribution in [0.25, 0.3) is 10.8 Å². The van der Waals surface area contributed by atoms with Gasteiger partial charge in [-0.25, -0.2) is 4.98 Å². The first-order valence-electron chi connectivity index (χ1n) is 6.45. The Hall–Kier alpha value is -1.91. The van der Waals surface area contributed by atoms with Crippen LogP contribution in [0.5, 0.6) is 5.75 Å². The van der Waals surface area contributed by atoms with Crippen molar-refractivity contribution in [3.05, 3.63) is 58.5 Å². The molecule has 0 fully saturated rings. The van der Waals surface area contributed by atoms with Gasteiger partial charge in [0.05, 0.1) is 17.3 Å². The Morgan fingerprint density at radius 1 is 1.25 bits per heavy atom. The lowest BCUT2D eigenvalue weighted by Gasteiger charge is -2.15. The van der Waals surface area contributed by atoms with Crippen LogP contribution >= 0.6 is 11.3 Å². The third-order valence-electron chi connectivity index (χ3n) is 3.21. The predicted octanol–water partition coefficient (Wildman–Crippen LogP) is 3.93. The van der Waals surface area contributed by atoms with Gasteiger partial charge in [0.1, 0.15) is 12.4 Å². The molecular weight excluding hydrogens is 270 g/mol. The molecular formula is C16H15NO2S. The van der Waals surface area contributed by atoms with E-state index >= 15 is 0 Å². The van der Waals surface area contributed by atoms with Crippen LogP contribution in [0.15, 0.2) is 47.3 Å². The molecule has 0 aliphatic heterocycles. The summed E-state index contributed by atoms with van der Waals surface area (Å²) in [4.78, 5) is 4.22. The van der Waals surface area contributed by atoms with Crippen LogP contribution < -0.4 is 4.74 Å². The first-order chi connectivity index (χ1) is 9.75. The van der Waals surface area contributed by atoms with Crippen molar-refractivity contribution >= 4 is 22.1 Å². The molecule has 0 saturated carbocycles. The molecule has 102 valence electrons. The summed E-state index contributed by atoms with van der Waals surface area (Å²) in [5, 5.41) is 14.0. The number of nitrogens with zero attached hydrogens (tertiary/aromatic N) is 1. The highest BCUT2D eigenvalue weighted by atomic mass is 32.1. The Morgan fingerprint density at radius 2 is 2.10 bits per heavy atom. The molecule has 4 heteroatoms. The number of rotatable bonds is 4. The van der Waals surface area contributed by atoms with Crippen molar-refractivity contribution in [2.45, 2.75) is 19.6 Å². The summed E-state index contributed by atoms with van der Waals surface area (Å²) in [7, 11) is 0. The number of fused-ring (bicyclic) bond motifs is 1. The fraction of sp³-hybridized carbons (Fsp3) is 0.188. The van der Waals surface area contributed by atoms with E-state index in [-0.39, 0.29) is 0 Å². The van der Waals surface area contributed by atoms with E-state index in [0.717, 1.165) is 27.8 Å². The third kappa shape index (κ3) is 2.53. The van der Waals surface area contributed by atoms with Gasteiger partial charge in [-0.05, 0) is 12.3 Å². The fourth-order valence-electron chi connectivity index (χ4n) is 2.20. The van der Waals surface area contributed by atoms with Crippen LogP contribution in [0.4, 0.5) is 0 Å².